The summed E-state index contributed by atoms with van der Waals surface area (Å²) < 4.78 is 18.8. The van der Waals surface area contributed by atoms with E-state index < -0.39 is 12.1 Å². The highest BCUT2D eigenvalue weighted by atomic mass is 19.1. The summed E-state index contributed by atoms with van der Waals surface area (Å²) in [5.74, 6) is -0.617. The molecule has 1 aliphatic heterocycles. The van der Waals surface area contributed by atoms with Gasteiger partial charge in [-0.15, -0.1) is 0 Å². The molecule has 1 aliphatic carbocycles. The summed E-state index contributed by atoms with van der Waals surface area (Å²) in [6.45, 7) is 3.38. The van der Waals surface area contributed by atoms with Gasteiger partial charge in [-0.25, -0.2) is 9.18 Å². The van der Waals surface area contributed by atoms with Crippen molar-refractivity contribution >= 4 is 11.9 Å². The highest BCUT2D eigenvalue weighted by Crippen LogP contribution is 2.23. The molecular weight excluding hydrogens is 313 g/mol. The van der Waals surface area contributed by atoms with E-state index >= 15 is 0 Å². The summed E-state index contributed by atoms with van der Waals surface area (Å²) in [5.41, 5.74) is 0.875. The molecule has 1 heterocycles. The van der Waals surface area contributed by atoms with Crippen molar-refractivity contribution in [1.29, 1.82) is 0 Å². The van der Waals surface area contributed by atoms with Crippen LogP contribution in [0.4, 0.5) is 9.18 Å². The van der Waals surface area contributed by atoms with E-state index in [4.69, 9.17) is 4.74 Å². The lowest BCUT2D eigenvalue weighted by Crippen LogP contribution is -2.53. The van der Waals surface area contributed by atoms with Crippen molar-refractivity contribution in [3.63, 3.8) is 0 Å². The Morgan fingerprint density at radius 1 is 1.29 bits per heavy atom. The van der Waals surface area contributed by atoms with Gasteiger partial charge in [0.25, 0.3) is 0 Å². The molecule has 0 radical (unpaired) electrons. The van der Waals surface area contributed by atoms with Gasteiger partial charge in [-0.3, -0.25) is 15.0 Å². The third kappa shape index (κ3) is 4.30. The van der Waals surface area contributed by atoms with E-state index in [1.165, 1.54) is 12.1 Å². The van der Waals surface area contributed by atoms with Gasteiger partial charge in [-0.1, -0.05) is 12.1 Å². The van der Waals surface area contributed by atoms with Gasteiger partial charge in [0.15, 0.2) is 0 Å². The normalized spacial score (nSPS) is 22.7. The maximum absolute atomic E-state index is 13.0. The summed E-state index contributed by atoms with van der Waals surface area (Å²) in [6, 6.07) is 5.51. The SMILES string of the molecule is CC(C(=O)NC(=O)NC1CC1)N1CCOC(c2ccc(F)cc2)C1. The Kier molecular flexibility index (Phi) is 5.11. The third-order valence-electron chi connectivity index (χ3n) is 4.42. The van der Waals surface area contributed by atoms with Gasteiger partial charge in [0, 0.05) is 19.1 Å². The number of nitrogens with one attached hydrogen (secondary N) is 2. The number of carbonyl (C=O) groups is 2. The molecule has 1 aromatic rings. The Balaban J connectivity index is 1.55. The number of ether oxygens (including phenoxy) is 1. The van der Waals surface area contributed by atoms with Gasteiger partial charge in [-0.05, 0) is 37.5 Å². The van der Waals surface area contributed by atoms with Gasteiger partial charge < -0.3 is 10.1 Å². The largest absolute Gasteiger partial charge is 0.371 e. The van der Waals surface area contributed by atoms with E-state index in [0.29, 0.717) is 19.7 Å². The predicted octanol–water partition coefficient (Wildman–Crippen LogP) is 1.58. The van der Waals surface area contributed by atoms with E-state index in [1.807, 2.05) is 4.90 Å². The molecule has 1 aromatic carbocycles. The standard InChI is InChI=1S/C17H22FN3O3/c1-11(16(22)20-17(23)19-14-6-7-14)21-8-9-24-15(10-21)12-2-4-13(18)5-3-12/h2-5,11,14-15H,6-10H2,1H3,(H2,19,20,22,23). The van der Waals surface area contributed by atoms with Crippen LogP contribution in [0.3, 0.4) is 0 Å². The monoisotopic (exact) mass is 335 g/mol. The zero-order valence-electron chi connectivity index (χ0n) is 13.6. The predicted molar refractivity (Wildman–Crippen MR) is 85.8 cm³/mol. The van der Waals surface area contributed by atoms with Gasteiger partial charge in [0.05, 0.1) is 18.8 Å². The summed E-state index contributed by atoms with van der Waals surface area (Å²) in [7, 11) is 0. The van der Waals surface area contributed by atoms with Gasteiger partial charge in [-0.2, -0.15) is 0 Å². The fraction of sp³-hybridized carbons (Fsp3) is 0.529. The number of amides is 3. The van der Waals surface area contributed by atoms with Crippen LogP contribution >= 0.6 is 0 Å². The number of morpholine rings is 1. The fourth-order valence-corrected chi connectivity index (χ4v) is 2.73. The van der Waals surface area contributed by atoms with E-state index in [2.05, 4.69) is 10.6 Å². The molecule has 3 rings (SSSR count). The minimum Gasteiger partial charge on any atom is -0.371 e. The van der Waals surface area contributed by atoms with Crippen molar-refractivity contribution in [2.75, 3.05) is 19.7 Å². The number of benzene rings is 1. The van der Waals surface area contributed by atoms with Crippen molar-refractivity contribution in [3.8, 4) is 0 Å². The first-order valence-corrected chi connectivity index (χ1v) is 8.25. The molecule has 130 valence electrons. The molecule has 2 atom stereocenters. The lowest BCUT2D eigenvalue weighted by Gasteiger charge is -2.36. The zero-order chi connectivity index (χ0) is 17.1. The molecule has 2 aliphatic rings. The lowest BCUT2D eigenvalue weighted by molar-refractivity contribution is -0.128. The van der Waals surface area contributed by atoms with Crippen molar-refractivity contribution < 1.29 is 18.7 Å². The molecule has 1 saturated heterocycles. The smallest absolute Gasteiger partial charge is 0.321 e. The van der Waals surface area contributed by atoms with E-state index in [0.717, 1.165) is 18.4 Å². The Labute approximate surface area is 140 Å². The molecule has 0 spiro atoms. The summed E-state index contributed by atoms with van der Waals surface area (Å²) in [4.78, 5) is 25.9. The topological polar surface area (TPSA) is 70.7 Å². The van der Waals surface area contributed by atoms with Crippen LogP contribution < -0.4 is 10.6 Å². The van der Waals surface area contributed by atoms with Crippen LogP contribution in [0.2, 0.25) is 0 Å². The van der Waals surface area contributed by atoms with Gasteiger partial charge >= 0.3 is 6.03 Å². The molecule has 7 heteroatoms. The molecule has 0 aromatic heterocycles. The molecule has 0 bridgehead atoms. The van der Waals surface area contributed by atoms with Crippen LogP contribution in [0.15, 0.2) is 24.3 Å². The molecule has 3 amide bonds. The minimum atomic E-state index is -0.443. The van der Waals surface area contributed by atoms with Crippen LogP contribution in [0, 0.1) is 5.82 Å². The quantitative estimate of drug-likeness (QED) is 0.876. The second-order valence-corrected chi connectivity index (χ2v) is 6.32. The molecule has 6 nitrogen and oxygen atoms in total. The van der Waals surface area contributed by atoms with Crippen molar-refractivity contribution in [3.05, 3.63) is 35.6 Å². The molecule has 2 fully saturated rings. The maximum Gasteiger partial charge on any atom is 0.321 e. The average molecular weight is 335 g/mol. The second-order valence-electron chi connectivity index (χ2n) is 6.32. The number of urea groups is 1. The Morgan fingerprint density at radius 2 is 2.00 bits per heavy atom. The molecule has 2 unspecified atom stereocenters. The van der Waals surface area contributed by atoms with E-state index in [9.17, 15) is 14.0 Å². The Morgan fingerprint density at radius 3 is 2.67 bits per heavy atom. The summed E-state index contributed by atoms with van der Waals surface area (Å²) in [5, 5.41) is 5.12. The number of hydrogen-bond acceptors (Lipinski definition) is 4. The molecular formula is C17H22FN3O3. The molecule has 1 saturated carbocycles. The minimum absolute atomic E-state index is 0.208. The number of hydrogen-bond donors (Lipinski definition) is 2. The Hall–Kier alpha value is -1.99. The van der Waals surface area contributed by atoms with E-state index in [-0.39, 0.29) is 23.9 Å². The first-order chi connectivity index (χ1) is 11.5. The average Bonchev–Trinajstić information content (AvgIpc) is 3.38. The molecule has 2 N–H and O–H groups in total. The molecule has 24 heavy (non-hydrogen) atoms. The van der Waals surface area contributed by atoms with Crippen LogP contribution in [0.1, 0.15) is 31.4 Å². The summed E-state index contributed by atoms with van der Waals surface area (Å²) >= 11 is 0. The lowest BCUT2D eigenvalue weighted by atomic mass is 10.1. The van der Waals surface area contributed by atoms with Crippen LogP contribution in [0.25, 0.3) is 0 Å². The van der Waals surface area contributed by atoms with Crippen LogP contribution in [0.5, 0.6) is 0 Å². The first-order valence-electron chi connectivity index (χ1n) is 8.25. The number of rotatable bonds is 4. The maximum atomic E-state index is 13.0. The fourth-order valence-electron chi connectivity index (χ4n) is 2.73. The Bertz CT molecular complexity index is 604. The number of nitrogens with zero attached hydrogens (tertiary/aromatic N) is 1. The van der Waals surface area contributed by atoms with Gasteiger partial charge in [0.2, 0.25) is 5.91 Å². The van der Waals surface area contributed by atoms with Crippen LogP contribution in [-0.4, -0.2) is 48.6 Å². The highest BCUT2D eigenvalue weighted by Gasteiger charge is 2.30. The van der Waals surface area contributed by atoms with Crippen molar-refractivity contribution in [2.45, 2.75) is 38.0 Å². The number of halogens is 1. The second kappa shape index (κ2) is 7.27. The number of carbonyl (C=O) groups excluding carboxylic acids is 2. The van der Waals surface area contributed by atoms with Crippen molar-refractivity contribution in [1.82, 2.24) is 15.5 Å². The number of imide groups is 1. The third-order valence-corrected chi connectivity index (χ3v) is 4.42. The van der Waals surface area contributed by atoms with Crippen molar-refractivity contribution in [2.24, 2.45) is 0 Å². The van der Waals surface area contributed by atoms with E-state index in [1.54, 1.807) is 19.1 Å². The summed E-state index contributed by atoms with van der Waals surface area (Å²) in [6.07, 6.45) is 1.73. The zero-order valence-corrected chi connectivity index (χ0v) is 13.6. The first kappa shape index (κ1) is 16.9. The highest BCUT2D eigenvalue weighted by molar-refractivity contribution is 5.97. The van der Waals surface area contributed by atoms with Gasteiger partial charge in [0.1, 0.15) is 5.82 Å². The van der Waals surface area contributed by atoms with Crippen LogP contribution in [-0.2, 0) is 9.53 Å².